The number of thioether (sulfide) groups is 1. The van der Waals surface area contributed by atoms with Crippen molar-refractivity contribution in [1.82, 2.24) is 9.80 Å². The minimum absolute atomic E-state index is 0.147. The number of likely N-dealkylation sites (N-methyl/N-ethyl adjacent to an activating group) is 1. The van der Waals surface area contributed by atoms with Crippen LogP contribution >= 0.6 is 24.0 Å². The summed E-state index contributed by atoms with van der Waals surface area (Å²) < 4.78 is 0.246. The Hall–Kier alpha value is -0.330. The number of carbonyl (C=O) groups excluding carboxylic acids is 1. The van der Waals surface area contributed by atoms with Crippen LogP contribution in [0.25, 0.3) is 0 Å². The summed E-state index contributed by atoms with van der Waals surface area (Å²) in [5, 5.41) is 0. The van der Waals surface area contributed by atoms with E-state index in [0.717, 1.165) is 18.8 Å². The Morgan fingerprint density at radius 2 is 2.22 bits per heavy atom. The zero-order valence-electron chi connectivity index (χ0n) is 11.4. The summed E-state index contributed by atoms with van der Waals surface area (Å²) in [5.74, 6) is 1.24. The summed E-state index contributed by atoms with van der Waals surface area (Å²) in [5.41, 5.74) is 5.44. The van der Waals surface area contributed by atoms with Crippen molar-refractivity contribution in [2.75, 3.05) is 39.0 Å². The molecule has 0 aromatic rings. The maximum Gasteiger partial charge on any atom is 0.236 e. The van der Waals surface area contributed by atoms with Crippen LogP contribution in [0.15, 0.2) is 0 Å². The minimum Gasteiger partial charge on any atom is -0.393 e. The molecule has 2 N–H and O–H groups in total. The molecule has 1 aliphatic heterocycles. The molecule has 0 aromatic carbocycles. The van der Waals surface area contributed by atoms with E-state index in [1.807, 2.05) is 18.8 Å². The molecule has 0 saturated carbocycles. The number of carbonyl (C=O) groups is 1. The Morgan fingerprint density at radius 1 is 1.56 bits per heavy atom. The van der Waals surface area contributed by atoms with Crippen molar-refractivity contribution in [1.29, 1.82) is 0 Å². The first-order valence-corrected chi connectivity index (χ1v) is 7.58. The maximum atomic E-state index is 12.0. The minimum atomic E-state index is 0.147. The average Bonchev–Trinajstić information content (AvgIpc) is 2.24. The van der Waals surface area contributed by atoms with Gasteiger partial charge in [-0.1, -0.05) is 12.2 Å². The molecule has 1 rings (SSSR count). The van der Waals surface area contributed by atoms with Crippen molar-refractivity contribution in [2.45, 2.75) is 25.0 Å². The monoisotopic (exact) mass is 289 g/mol. The van der Waals surface area contributed by atoms with Gasteiger partial charge in [0, 0.05) is 43.6 Å². The summed E-state index contributed by atoms with van der Waals surface area (Å²) in [6.07, 6.45) is 0.596. The molecule has 0 radical (unpaired) electrons. The average molecular weight is 289 g/mol. The molecule has 1 fully saturated rings. The van der Waals surface area contributed by atoms with Crippen molar-refractivity contribution in [3.05, 3.63) is 0 Å². The third kappa shape index (κ3) is 5.54. The van der Waals surface area contributed by atoms with Gasteiger partial charge in [0.1, 0.15) is 0 Å². The fourth-order valence-electron chi connectivity index (χ4n) is 1.96. The normalized spacial score (nSPS) is 19.5. The highest BCUT2D eigenvalue weighted by molar-refractivity contribution is 8.00. The highest BCUT2D eigenvalue weighted by Gasteiger charge is 2.28. The second kappa shape index (κ2) is 6.73. The van der Waals surface area contributed by atoms with Crippen LogP contribution in [0, 0.1) is 0 Å². The Balaban J connectivity index is 2.37. The van der Waals surface area contributed by atoms with Gasteiger partial charge in [-0.15, -0.1) is 0 Å². The second-order valence-corrected chi connectivity index (χ2v) is 7.68. The number of rotatable bonds is 5. The molecule has 1 aliphatic rings. The van der Waals surface area contributed by atoms with Gasteiger partial charge in [-0.05, 0) is 13.8 Å². The van der Waals surface area contributed by atoms with E-state index in [4.69, 9.17) is 18.0 Å². The predicted octanol–water partition coefficient (Wildman–Crippen LogP) is 0.948. The van der Waals surface area contributed by atoms with E-state index in [2.05, 4.69) is 18.7 Å². The topological polar surface area (TPSA) is 49.6 Å². The van der Waals surface area contributed by atoms with E-state index in [9.17, 15) is 4.79 Å². The smallest absolute Gasteiger partial charge is 0.236 e. The molecule has 18 heavy (non-hydrogen) atoms. The van der Waals surface area contributed by atoms with Crippen LogP contribution in [-0.2, 0) is 4.79 Å². The molecule has 1 heterocycles. The first-order chi connectivity index (χ1) is 8.30. The van der Waals surface area contributed by atoms with E-state index in [1.165, 1.54) is 0 Å². The van der Waals surface area contributed by atoms with Crippen molar-refractivity contribution >= 4 is 34.9 Å². The van der Waals surface area contributed by atoms with Crippen molar-refractivity contribution in [3.63, 3.8) is 0 Å². The van der Waals surface area contributed by atoms with Gasteiger partial charge in [-0.25, -0.2) is 0 Å². The fourth-order valence-corrected chi connectivity index (χ4v) is 3.23. The molecule has 4 nitrogen and oxygen atoms in total. The molecular weight excluding hydrogens is 266 g/mol. The fraction of sp³-hybridized carbons (Fsp3) is 0.833. The SMILES string of the molecule is CN(CCC(N)=S)C(=O)CN1CCSC(C)(C)C1. The standard InChI is InChI=1S/C12H23N3OS2/c1-12(2)9-15(6-7-18-12)8-11(16)14(3)5-4-10(13)17/h4-9H2,1-3H3,(H2,13,17). The van der Waals surface area contributed by atoms with Crippen LogP contribution in [0.5, 0.6) is 0 Å². The Labute approximate surface area is 119 Å². The van der Waals surface area contributed by atoms with E-state index in [0.29, 0.717) is 24.5 Å². The summed E-state index contributed by atoms with van der Waals surface area (Å²) in [6.45, 7) is 7.52. The number of hydrogen-bond acceptors (Lipinski definition) is 4. The predicted molar refractivity (Wildman–Crippen MR) is 82.0 cm³/mol. The third-order valence-corrected chi connectivity index (χ3v) is 4.48. The molecule has 0 bridgehead atoms. The Bertz CT molecular complexity index is 320. The number of amides is 1. The highest BCUT2D eigenvalue weighted by Crippen LogP contribution is 2.29. The largest absolute Gasteiger partial charge is 0.393 e. The van der Waals surface area contributed by atoms with E-state index in [-0.39, 0.29) is 10.7 Å². The number of nitrogens with two attached hydrogens (primary N) is 1. The molecular formula is C12H23N3OS2. The lowest BCUT2D eigenvalue weighted by Gasteiger charge is -2.37. The number of hydrogen-bond donors (Lipinski definition) is 1. The van der Waals surface area contributed by atoms with Gasteiger partial charge < -0.3 is 10.6 Å². The molecule has 0 aliphatic carbocycles. The zero-order valence-corrected chi connectivity index (χ0v) is 13.1. The van der Waals surface area contributed by atoms with Gasteiger partial charge in [0.05, 0.1) is 11.5 Å². The third-order valence-electron chi connectivity index (χ3n) is 2.98. The first-order valence-electron chi connectivity index (χ1n) is 6.19. The van der Waals surface area contributed by atoms with Crippen LogP contribution in [0.3, 0.4) is 0 Å². The molecule has 1 amide bonds. The molecule has 0 atom stereocenters. The molecule has 6 heteroatoms. The zero-order chi connectivity index (χ0) is 13.8. The Kier molecular flexibility index (Phi) is 5.88. The Morgan fingerprint density at radius 3 is 2.78 bits per heavy atom. The van der Waals surface area contributed by atoms with Crippen molar-refractivity contribution in [3.8, 4) is 0 Å². The van der Waals surface area contributed by atoms with Gasteiger partial charge in [-0.3, -0.25) is 9.69 Å². The molecule has 1 saturated heterocycles. The van der Waals surface area contributed by atoms with Crippen molar-refractivity contribution in [2.24, 2.45) is 5.73 Å². The summed E-state index contributed by atoms with van der Waals surface area (Å²) >= 11 is 6.79. The second-order valence-electron chi connectivity index (χ2n) is 5.35. The van der Waals surface area contributed by atoms with Crippen molar-refractivity contribution < 1.29 is 4.79 Å². The lowest BCUT2D eigenvalue weighted by molar-refractivity contribution is -0.131. The summed E-state index contributed by atoms with van der Waals surface area (Å²) in [6, 6.07) is 0. The van der Waals surface area contributed by atoms with Gasteiger partial charge in [-0.2, -0.15) is 11.8 Å². The van der Waals surface area contributed by atoms with Crippen LogP contribution in [0.4, 0.5) is 0 Å². The van der Waals surface area contributed by atoms with E-state index in [1.54, 1.807) is 4.90 Å². The van der Waals surface area contributed by atoms with Gasteiger partial charge in [0.25, 0.3) is 0 Å². The van der Waals surface area contributed by atoms with E-state index >= 15 is 0 Å². The van der Waals surface area contributed by atoms with Gasteiger partial charge in [0.2, 0.25) is 5.91 Å². The van der Waals surface area contributed by atoms with Crippen LogP contribution in [0.1, 0.15) is 20.3 Å². The van der Waals surface area contributed by atoms with E-state index < -0.39 is 0 Å². The highest BCUT2D eigenvalue weighted by atomic mass is 32.2. The van der Waals surface area contributed by atoms with Crippen LogP contribution in [0.2, 0.25) is 0 Å². The molecule has 0 aromatic heterocycles. The lowest BCUT2D eigenvalue weighted by Crippen LogP contribution is -2.47. The molecule has 0 spiro atoms. The van der Waals surface area contributed by atoms with Gasteiger partial charge in [0.15, 0.2) is 0 Å². The molecule has 0 unspecified atom stereocenters. The van der Waals surface area contributed by atoms with Crippen LogP contribution < -0.4 is 5.73 Å². The molecule has 104 valence electrons. The maximum absolute atomic E-state index is 12.0. The van der Waals surface area contributed by atoms with Crippen LogP contribution in [-0.4, -0.2) is 64.4 Å². The number of thiocarbonyl (C=S) groups is 1. The van der Waals surface area contributed by atoms with Gasteiger partial charge >= 0.3 is 0 Å². The lowest BCUT2D eigenvalue weighted by atomic mass is 10.2. The summed E-state index contributed by atoms with van der Waals surface area (Å²) in [4.78, 5) is 16.4. The summed E-state index contributed by atoms with van der Waals surface area (Å²) in [7, 11) is 1.81. The quantitative estimate of drug-likeness (QED) is 0.764. The number of nitrogens with zero attached hydrogens (tertiary/aromatic N) is 2. The first kappa shape index (κ1) is 15.7.